The van der Waals surface area contributed by atoms with Gasteiger partial charge in [-0.3, -0.25) is 0 Å². The quantitative estimate of drug-likeness (QED) is 0.153. The summed E-state index contributed by atoms with van der Waals surface area (Å²) in [5, 5.41) is 18.0. The van der Waals surface area contributed by atoms with Crippen LogP contribution in [0.25, 0.3) is 0 Å². The van der Waals surface area contributed by atoms with Gasteiger partial charge in [-0.05, 0) is 78.7 Å². The van der Waals surface area contributed by atoms with Gasteiger partial charge in [0.2, 0.25) is 5.96 Å². The zero-order valence-electron chi connectivity index (χ0n) is 23.6. The Bertz CT molecular complexity index is 1800. The van der Waals surface area contributed by atoms with E-state index in [2.05, 4.69) is 9.50 Å². The van der Waals surface area contributed by atoms with Crippen LogP contribution in [0.5, 0.6) is 5.75 Å². The first-order chi connectivity index (χ1) is 21.1. The maximum absolute atomic E-state index is 12.9. The van der Waals surface area contributed by atoms with Crippen LogP contribution in [0, 0.1) is 0 Å². The predicted octanol–water partition coefficient (Wildman–Crippen LogP) is 4.71. The number of hydrazone groups is 1. The third-order valence-corrected chi connectivity index (χ3v) is 8.38. The smallest absolute Gasteiger partial charge is 0.338 e. The van der Waals surface area contributed by atoms with Gasteiger partial charge in [0.1, 0.15) is 18.1 Å². The summed E-state index contributed by atoms with van der Waals surface area (Å²) < 4.78 is 40.5. The van der Waals surface area contributed by atoms with E-state index in [1.54, 1.807) is 79.7 Å². The SMILES string of the molecule is CCOC(=O)c1ccc(COc2ccc(C3=NN(/C(N)=N/S(=O)(=O)c4ccc(Cl)cc4)CC3(O)c3ccccc3)cc2)cc1. The number of guanidine groups is 1. The van der Waals surface area contributed by atoms with Crippen molar-refractivity contribution in [3.63, 3.8) is 0 Å². The largest absolute Gasteiger partial charge is 0.489 e. The maximum atomic E-state index is 12.9. The fraction of sp³-hybridized carbons (Fsp3) is 0.156. The maximum Gasteiger partial charge on any atom is 0.338 e. The van der Waals surface area contributed by atoms with Crippen molar-refractivity contribution in [1.29, 1.82) is 0 Å². The van der Waals surface area contributed by atoms with Crippen molar-refractivity contribution in [2.24, 2.45) is 15.2 Å². The molecule has 0 spiro atoms. The molecule has 0 bridgehead atoms. The average molecular weight is 633 g/mol. The first-order valence-electron chi connectivity index (χ1n) is 13.6. The van der Waals surface area contributed by atoms with E-state index < -0.39 is 21.6 Å². The Labute approximate surface area is 260 Å². The van der Waals surface area contributed by atoms with Crippen molar-refractivity contribution >= 4 is 39.3 Å². The van der Waals surface area contributed by atoms with Crippen molar-refractivity contribution in [2.45, 2.75) is 24.0 Å². The van der Waals surface area contributed by atoms with Gasteiger partial charge >= 0.3 is 5.97 Å². The van der Waals surface area contributed by atoms with Crippen LogP contribution in [0.1, 0.15) is 34.0 Å². The monoisotopic (exact) mass is 632 g/mol. The van der Waals surface area contributed by atoms with Crippen LogP contribution in [0.15, 0.2) is 118 Å². The van der Waals surface area contributed by atoms with E-state index >= 15 is 0 Å². The molecule has 0 aliphatic carbocycles. The van der Waals surface area contributed by atoms with E-state index in [-0.39, 0.29) is 29.7 Å². The number of esters is 1. The molecule has 1 atom stereocenters. The van der Waals surface area contributed by atoms with E-state index in [0.717, 1.165) is 5.56 Å². The number of ether oxygens (including phenoxy) is 2. The Balaban J connectivity index is 1.38. The van der Waals surface area contributed by atoms with Crippen molar-refractivity contribution in [2.75, 3.05) is 13.2 Å². The van der Waals surface area contributed by atoms with Gasteiger partial charge in [-0.15, -0.1) is 4.40 Å². The molecule has 0 radical (unpaired) electrons. The number of benzene rings is 4. The molecule has 4 aromatic carbocycles. The molecule has 44 heavy (non-hydrogen) atoms. The molecular formula is C32H29ClN4O6S. The fourth-order valence-electron chi connectivity index (χ4n) is 4.56. The van der Waals surface area contributed by atoms with Crippen LogP contribution in [0.4, 0.5) is 0 Å². The standard InChI is InChI=1S/C32H29ClN4O6S/c1-2-42-30(38)24-10-8-22(9-11-24)20-43-27-16-12-23(13-17-27)29-32(39,25-6-4-3-5-7-25)21-37(35-29)31(34)36-44(40,41)28-18-14-26(33)15-19-28/h3-19,39H,2,20-21H2,1H3,(H2,34,36). The number of nitrogens with zero attached hydrogens (tertiary/aromatic N) is 3. The number of carbonyl (C=O) groups is 1. The average Bonchev–Trinajstić information content (AvgIpc) is 3.40. The molecule has 5 rings (SSSR count). The van der Waals surface area contributed by atoms with E-state index in [1.165, 1.54) is 29.3 Å². The van der Waals surface area contributed by atoms with Crippen LogP contribution in [0.2, 0.25) is 5.02 Å². The van der Waals surface area contributed by atoms with Gasteiger partial charge in [0.15, 0.2) is 5.60 Å². The summed E-state index contributed by atoms with van der Waals surface area (Å²) >= 11 is 5.88. The van der Waals surface area contributed by atoms with Gasteiger partial charge in [-0.25, -0.2) is 9.80 Å². The number of nitrogens with two attached hydrogens (primary N) is 1. The Morgan fingerprint density at radius 1 is 1.00 bits per heavy atom. The van der Waals surface area contributed by atoms with Crippen LogP contribution in [-0.4, -0.2) is 49.3 Å². The summed E-state index contributed by atoms with van der Waals surface area (Å²) in [6, 6.07) is 28.3. The second kappa shape index (κ2) is 12.9. The minimum atomic E-state index is -4.17. The highest BCUT2D eigenvalue weighted by Gasteiger charge is 2.44. The predicted molar refractivity (Wildman–Crippen MR) is 167 cm³/mol. The van der Waals surface area contributed by atoms with Gasteiger partial charge < -0.3 is 20.3 Å². The summed E-state index contributed by atoms with van der Waals surface area (Å²) in [7, 11) is -4.17. The number of rotatable bonds is 9. The minimum Gasteiger partial charge on any atom is -0.489 e. The zero-order chi connectivity index (χ0) is 31.3. The number of sulfonamides is 1. The highest BCUT2D eigenvalue weighted by atomic mass is 35.5. The molecule has 4 aromatic rings. The molecule has 10 nitrogen and oxygen atoms in total. The number of carbonyl (C=O) groups excluding carboxylic acids is 1. The topological polar surface area (TPSA) is 144 Å². The lowest BCUT2D eigenvalue weighted by Crippen LogP contribution is -2.42. The van der Waals surface area contributed by atoms with Crippen LogP contribution >= 0.6 is 11.6 Å². The molecule has 1 unspecified atom stereocenters. The van der Waals surface area contributed by atoms with E-state index in [0.29, 0.717) is 34.1 Å². The Morgan fingerprint density at radius 2 is 1.66 bits per heavy atom. The number of β-amino-alcohol motifs (C(OH)–C–C–N with tert-alkyl or cyclic N) is 1. The Kier molecular flexibility index (Phi) is 9.00. The van der Waals surface area contributed by atoms with E-state index in [9.17, 15) is 18.3 Å². The number of aliphatic hydroxyl groups is 1. The summed E-state index contributed by atoms with van der Waals surface area (Å²) in [4.78, 5) is 11.8. The number of halogens is 1. The second-order valence-corrected chi connectivity index (χ2v) is 11.9. The van der Waals surface area contributed by atoms with Gasteiger partial charge in [0, 0.05) is 10.6 Å². The summed E-state index contributed by atoms with van der Waals surface area (Å²) in [5.74, 6) is -0.217. The van der Waals surface area contributed by atoms with Crippen LogP contribution in [-0.2, 0) is 27.0 Å². The van der Waals surface area contributed by atoms with Gasteiger partial charge in [0.05, 0.1) is 23.6 Å². The normalized spacial score (nSPS) is 16.8. The number of hydrogen-bond donors (Lipinski definition) is 2. The van der Waals surface area contributed by atoms with Crippen molar-refractivity contribution < 1.29 is 27.8 Å². The molecule has 0 fully saturated rings. The molecule has 0 amide bonds. The van der Waals surface area contributed by atoms with E-state index in [1.807, 2.05) is 6.07 Å². The lowest BCUT2D eigenvalue weighted by atomic mass is 9.86. The molecule has 1 heterocycles. The van der Waals surface area contributed by atoms with Crippen molar-refractivity contribution in [1.82, 2.24) is 5.01 Å². The molecular weight excluding hydrogens is 604 g/mol. The Morgan fingerprint density at radius 3 is 2.30 bits per heavy atom. The lowest BCUT2D eigenvalue weighted by molar-refractivity contribution is 0.0526. The van der Waals surface area contributed by atoms with Crippen molar-refractivity contribution in [3.05, 3.63) is 130 Å². The molecule has 12 heteroatoms. The van der Waals surface area contributed by atoms with E-state index in [4.69, 9.17) is 26.8 Å². The molecule has 0 saturated heterocycles. The second-order valence-electron chi connectivity index (χ2n) is 9.84. The third kappa shape index (κ3) is 6.75. The van der Waals surface area contributed by atoms with Crippen molar-refractivity contribution in [3.8, 4) is 5.75 Å². The molecule has 1 aliphatic heterocycles. The van der Waals surface area contributed by atoms with Crippen LogP contribution < -0.4 is 10.5 Å². The molecule has 3 N–H and O–H groups in total. The molecule has 0 saturated carbocycles. The van der Waals surface area contributed by atoms with Crippen LogP contribution in [0.3, 0.4) is 0 Å². The highest BCUT2D eigenvalue weighted by Crippen LogP contribution is 2.34. The molecule has 1 aliphatic rings. The molecule has 226 valence electrons. The van der Waals surface area contributed by atoms with Gasteiger partial charge in [-0.1, -0.05) is 54.1 Å². The fourth-order valence-corrected chi connectivity index (χ4v) is 5.61. The van der Waals surface area contributed by atoms with Gasteiger partial charge in [0.25, 0.3) is 10.0 Å². The first kappa shape index (κ1) is 30.7. The minimum absolute atomic E-state index is 0.0860. The number of hydrogen-bond acceptors (Lipinski definition) is 7. The summed E-state index contributed by atoms with van der Waals surface area (Å²) in [6.45, 7) is 2.15. The first-order valence-corrected chi connectivity index (χ1v) is 15.4. The zero-order valence-corrected chi connectivity index (χ0v) is 25.2. The van der Waals surface area contributed by atoms with Gasteiger partial charge in [-0.2, -0.15) is 13.5 Å². The lowest BCUT2D eigenvalue weighted by Gasteiger charge is -2.25. The highest BCUT2D eigenvalue weighted by molar-refractivity contribution is 7.90. The summed E-state index contributed by atoms with van der Waals surface area (Å²) in [6.07, 6.45) is 0. The Hall–Kier alpha value is -4.71. The summed E-state index contributed by atoms with van der Waals surface area (Å²) in [5.41, 5.74) is 7.20. The third-order valence-electron chi connectivity index (χ3n) is 6.83. The molecule has 0 aromatic heterocycles.